The van der Waals surface area contributed by atoms with Gasteiger partial charge in [-0.2, -0.15) is 0 Å². The molecule has 0 aliphatic heterocycles. The molecule has 2 aliphatic rings. The van der Waals surface area contributed by atoms with Crippen molar-refractivity contribution in [1.29, 1.82) is 0 Å². The molecule has 0 heterocycles. The fourth-order valence-corrected chi connectivity index (χ4v) is 3.37. The maximum Gasteiger partial charge on any atom is 0.0257 e. The lowest BCUT2D eigenvalue weighted by molar-refractivity contribution is 0.214. The van der Waals surface area contributed by atoms with Crippen molar-refractivity contribution < 1.29 is 0 Å². The molecule has 0 radical (unpaired) electrons. The van der Waals surface area contributed by atoms with E-state index in [1.807, 2.05) is 0 Å². The fraction of sp³-hybridized carbons (Fsp3) is 1.00. The molecule has 0 aromatic rings. The summed E-state index contributed by atoms with van der Waals surface area (Å²) >= 11 is 5.89. The summed E-state index contributed by atoms with van der Waals surface area (Å²) in [5.41, 5.74) is 0.722. The van der Waals surface area contributed by atoms with E-state index in [2.05, 4.69) is 6.92 Å². The molecule has 2 saturated carbocycles. The van der Waals surface area contributed by atoms with Gasteiger partial charge in [0.25, 0.3) is 0 Å². The van der Waals surface area contributed by atoms with Crippen molar-refractivity contribution in [3.8, 4) is 0 Å². The molecule has 11 heavy (non-hydrogen) atoms. The van der Waals surface area contributed by atoms with Crippen molar-refractivity contribution in [3.63, 3.8) is 0 Å². The predicted octanol–water partition coefficient (Wildman–Crippen LogP) is 3.44. The fourth-order valence-electron chi connectivity index (χ4n) is 2.96. The first-order valence-electron chi connectivity index (χ1n) is 4.85. The first-order chi connectivity index (χ1) is 5.29. The summed E-state index contributed by atoms with van der Waals surface area (Å²) in [6.07, 6.45) is 7.26. The highest BCUT2D eigenvalue weighted by Gasteiger charge is 2.56. The molecule has 1 spiro atoms. The zero-order valence-electron chi connectivity index (χ0n) is 7.28. The van der Waals surface area contributed by atoms with Crippen LogP contribution in [0.25, 0.3) is 0 Å². The molecule has 2 rings (SSSR count). The van der Waals surface area contributed by atoms with E-state index >= 15 is 0 Å². The van der Waals surface area contributed by atoms with Gasteiger partial charge < -0.3 is 0 Å². The smallest absolute Gasteiger partial charge is 0.0257 e. The first kappa shape index (κ1) is 7.91. The Labute approximate surface area is 74.3 Å². The lowest BCUT2D eigenvalue weighted by atomic mass is 9.76. The Balaban J connectivity index is 2.01. The lowest BCUT2D eigenvalue weighted by Gasteiger charge is -2.29. The summed E-state index contributed by atoms with van der Waals surface area (Å²) in [5, 5.41) is 0. The molecular weight excluding hydrogens is 156 g/mol. The monoisotopic (exact) mass is 172 g/mol. The number of hydrogen-bond donors (Lipinski definition) is 0. The second-order valence-electron chi connectivity index (χ2n) is 4.44. The molecule has 64 valence electrons. The van der Waals surface area contributed by atoms with Crippen LogP contribution in [0.2, 0.25) is 0 Å². The number of alkyl halides is 1. The molecule has 1 heteroatoms. The predicted molar refractivity (Wildman–Crippen MR) is 48.9 cm³/mol. The van der Waals surface area contributed by atoms with Gasteiger partial charge in [0.2, 0.25) is 0 Å². The van der Waals surface area contributed by atoms with E-state index in [1.54, 1.807) is 0 Å². The van der Waals surface area contributed by atoms with E-state index in [4.69, 9.17) is 11.6 Å². The van der Waals surface area contributed by atoms with E-state index in [1.165, 1.54) is 32.1 Å². The van der Waals surface area contributed by atoms with Gasteiger partial charge in [-0.05, 0) is 30.1 Å². The Hall–Kier alpha value is 0.290. The Kier molecular flexibility index (Phi) is 1.91. The summed E-state index contributed by atoms with van der Waals surface area (Å²) in [6, 6.07) is 0. The van der Waals surface area contributed by atoms with Gasteiger partial charge in [-0.15, -0.1) is 11.6 Å². The van der Waals surface area contributed by atoms with E-state index in [0.717, 1.165) is 23.1 Å². The third-order valence-corrected chi connectivity index (χ3v) is 4.35. The van der Waals surface area contributed by atoms with Crippen molar-refractivity contribution in [3.05, 3.63) is 0 Å². The lowest BCUT2D eigenvalue weighted by Crippen LogP contribution is -2.20. The normalized spacial score (nSPS) is 49.6. The minimum Gasteiger partial charge on any atom is -0.126 e. The topological polar surface area (TPSA) is 0 Å². The van der Waals surface area contributed by atoms with Gasteiger partial charge in [0.1, 0.15) is 0 Å². The van der Waals surface area contributed by atoms with Crippen molar-refractivity contribution in [2.45, 2.75) is 39.0 Å². The average Bonchev–Trinajstić information content (AvgIpc) is 2.72. The van der Waals surface area contributed by atoms with Crippen molar-refractivity contribution in [1.82, 2.24) is 0 Å². The minimum atomic E-state index is 0.722. The van der Waals surface area contributed by atoms with Crippen LogP contribution in [0, 0.1) is 17.3 Å². The summed E-state index contributed by atoms with van der Waals surface area (Å²) in [5.74, 6) is 2.74. The van der Waals surface area contributed by atoms with Crippen molar-refractivity contribution >= 4 is 11.6 Å². The van der Waals surface area contributed by atoms with E-state index in [0.29, 0.717) is 0 Å². The standard InChI is InChI=1S/C10H17Cl/c1-8-4-2-3-5-10(8)6-9(10)7-11/h8-9H,2-7H2,1H3. The van der Waals surface area contributed by atoms with Crippen LogP contribution in [0.4, 0.5) is 0 Å². The minimum absolute atomic E-state index is 0.722. The maximum absolute atomic E-state index is 5.89. The van der Waals surface area contributed by atoms with Crippen LogP contribution in [0.5, 0.6) is 0 Å². The van der Waals surface area contributed by atoms with Gasteiger partial charge >= 0.3 is 0 Å². The van der Waals surface area contributed by atoms with Crippen LogP contribution in [-0.2, 0) is 0 Å². The van der Waals surface area contributed by atoms with Gasteiger partial charge in [-0.25, -0.2) is 0 Å². The molecule has 0 aromatic heterocycles. The quantitative estimate of drug-likeness (QED) is 0.532. The van der Waals surface area contributed by atoms with Gasteiger partial charge in [0.15, 0.2) is 0 Å². The number of hydrogen-bond acceptors (Lipinski definition) is 0. The largest absolute Gasteiger partial charge is 0.126 e. The van der Waals surface area contributed by atoms with Gasteiger partial charge in [-0.1, -0.05) is 26.2 Å². The maximum atomic E-state index is 5.89. The zero-order valence-corrected chi connectivity index (χ0v) is 8.03. The number of halogens is 1. The highest BCUT2D eigenvalue weighted by atomic mass is 35.5. The van der Waals surface area contributed by atoms with Crippen LogP contribution in [0.1, 0.15) is 39.0 Å². The average molecular weight is 173 g/mol. The highest BCUT2D eigenvalue weighted by molar-refractivity contribution is 6.18. The third kappa shape index (κ3) is 1.11. The molecular formula is C10H17Cl. The van der Waals surface area contributed by atoms with E-state index < -0.39 is 0 Å². The van der Waals surface area contributed by atoms with Crippen LogP contribution in [0.3, 0.4) is 0 Å². The highest BCUT2D eigenvalue weighted by Crippen LogP contribution is 2.64. The van der Waals surface area contributed by atoms with Gasteiger partial charge in [0.05, 0.1) is 0 Å². The third-order valence-electron chi connectivity index (χ3n) is 3.98. The molecule has 0 saturated heterocycles. The van der Waals surface area contributed by atoms with Crippen LogP contribution >= 0.6 is 11.6 Å². The molecule has 3 unspecified atom stereocenters. The van der Waals surface area contributed by atoms with Crippen LogP contribution in [-0.4, -0.2) is 5.88 Å². The molecule has 2 fully saturated rings. The van der Waals surface area contributed by atoms with Crippen LogP contribution < -0.4 is 0 Å². The molecule has 0 nitrogen and oxygen atoms in total. The van der Waals surface area contributed by atoms with Crippen molar-refractivity contribution in [2.75, 3.05) is 5.88 Å². The second kappa shape index (κ2) is 2.65. The van der Waals surface area contributed by atoms with Gasteiger partial charge in [0, 0.05) is 5.88 Å². The van der Waals surface area contributed by atoms with Gasteiger partial charge in [-0.3, -0.25) is 0 Å². The molecule has 0 aromatic carbocycles. The summed E-state index contributed by atoms with van der Waals surface area (Å²) in [7, 11) is 0. The molecule has 0 amide bonds. The summed E-state index contributed by atoms with van der Waals surface area (Å²) in [4.78, 5) is 0. The Morgan fingerprint density at radius 1 is 1.45 bits per heavy atom. The SMILES string of the molecule is CC1CCCCC12CC2CCl. The second-order valence-corrected chi connectivity index (χ2v) is 4.74. The molecule has 3 atom stereocenters. The molecule has 2 aliphatic carbocycles. The van der Waals surface area contributed by atoms with Crippen LogP contribution in [0.15, 0.2) is 0 Å². The van der Waals surface area contributed by atoms with E-state index in [-0.39, 0.29) is 0 Å². The van der Waals surface area contributed by atoms with E-state index in [9.17, 15) is 0 Å². The number of rotatable bonds is 1. The first-order valence-corrected chi connectivity index (χ1v) is 5.39. The summed E-state index contributed by atoms with van der Waals surface area (Å²) in [6.45, 7) is 2.42. The zero-order chi connectivity index (χ0) is 7.90. The summed E-state index contributed by atoms with van der Waals surface area (Å²) < 4.78 is 0. The Morgan fingerprint density at radius 3 is 2.82 bits per heavy atom. The Bertz CT molecular complexity index is 155. The van der Waals surface area contributed by atoms with Crippen molar-refractivity contribution in [2.24, 2.45) is 17.3 Å². The molecule has 0 bridgehead atoms. The Morgan fingerprint density at radius 2 is 2.27 bits per heavy atom. The molecule has 0 N–H and O–H groups in total.